The van der Waals surface area contributed by atoms with E-state index in [0.29, 0.717) is 5.92 Å². The zero-order valence-electron chi connectivity index (χ0n) is 11.7. The van der Waals surface area contributed by atoms with E-state index in [0.717, 1.165) is 56.8 Å². The van der Waals surface area contributed by atoms with E-state index in [1.807, 2.05) is 0 Å². The van der Waals surface area contributed by atoms with E-state index in [1.54, 1.807) is 12.1 Å². The average Bonchev–Trinajstić information content (AvgIpc) is 2.87. The molecule has 0 bridgehead atoms. The first-order chi connectivity index (χ1) is 9.50. The van der Waals surface area contributed by atoms with Crippen LogP contribution in [0.15, 0.2) is 24.3 Å². The summed E-state index contributed by atoms with van der Waals surface area (Å²) in [4.78, 5) is 2.17. The van der Waals surface area contributed by atoms with Gasteiger partial charge in [0.25, 0.3) is 0 Å². The Morgan fingerprint density at radius 1 is 1.25 bits per heavy atom. The normalized spacial score (nSPS) is 19.6. The van der Waals surface area contributed by atoms with Gasteiger partial charge in [0.15, 0.2) is 0 Å². The van der Waals surface area contributed by atoms with Crippen LogP contribution in [0.25, 0.3) is 0 Å². The standard InChI is InChI=1S/C15H21F3N2/c1-2-8-19-10-12-7-9-20(11-12)14-5-3-13(4-6-14)15(16,17)18/h3-6,12,19H,2,7-11H2,1H3. The van der Waals surface area contributed by atoms with Crippen LogP contribution in [0.2, 0.25) is 0 Å². The fraction of sp³-hybridized carbons (Fsp3) is 0.600. The minimum Gasteiger partial charge on any atom is -0.371 e. The van der Waals surface area contributed by atoms with Gasteiger partial charge in [-0.2, -0.15) is 13.2 Å². The molecule has 1 atom stereocenters. The lowest BCUT2D eigenvalue weighted by molar-refractivity contribution is -0.137. The van der Waals surface area contributed by atoms with E-state index >= 15 is 0 Å². The Hall–Kier alpha value is -1.23. The maximum absolute atomic E-state index is 12.5. The summed E-state index contributed by atoms with van der Waals surface area (Å²) in [5, 5.41) is 3.40. The van der Waals surface area contributed by atoms with E-state index < -0.39 is 11.7 Å². The molecule has 2 nitrogen and oxygen atoms in total. The maximum atomic E-state index is 12.5. The summed E-state index contributed by atoms with van der Waals surface area (Å²) in [6.45, 7) is 5.99. The van der Waals surface area contributed by atoms with Crippen LogP contribution in [0, 0.1) is 5.92 Å². The van der Waals surface area contributed by atoms with Crippen LogP contribution in [-0.4, -0.2) is 26.2 Å². The molecule has 1 N–H and O–H groups in total. The van der Waals surface area contributed by atoms with Gasteiger partial charge in [0, 0.05) is 18.8 Å². The van der Waals surface area contributed by atoms with E-state index in [2.05, 4.69) is 17.1 Å². The molecule has 0 radical (unpaired) electrons. The Morgan fingerprint density at radius 2 is 1.95 bits per heavy atom. The number of halogens is 3. The van der Waals surface area contributed by atoms with Gasteiger partial charge < -0.3 is 10.2 Å². The summed E-state index contributed by atoms with van der Waals surface area (Å²) in [5.74, 6) is 0.587. The Balaban J connectivity index is 1.90. The quantitative estimate of drug-likeness (QED) is 0.833. The third kappa shape index (κ3) is 3.88. The van der Waals surface area contributed by atoms with Gasteiger partial charge >= 0.3 is 6.18 Å². The molecule has 0 aromatic heterocycles. The SMILES string of the molecule is CCCNCC1CCN(c2ccc(C(F)(F)F)cc2)C1. The largest absolute Gasteiger partial charge is 0.416 e. The van der Waals surface area contributed by atoms with E-state index in [-0.39, 0.29) is 0 Å². The lowest BCUT2D eigenvalue weighted by atomic mass is 10.1. The van der Waals surface area contributed by atoms with Crippen molar-refractivity contribution in [2.75, 3.05) is 31.1 Å². The molecule has 1 aliphatic rings. The van der Waals surface area contributed by atoms with Crippen molar-refractivity contribution in [1.82, 2.24) is 5.32 Å². The Kier molecular flexibility index (Phi) is 4.91. The van der Waals surface area contributed by atoms with Gasteiger partial charge in [0.05, 0.1) is 5.56 Å². The molecule has 0 spiro atoms. The first-order valence-electron chi connectivity index (χ1n) is 7.13. The summed E-state index contributed by atoms with van der Waals surface area (Å²) in [6, 6.07) is 5.48. The first-order valence-corrected chi connectivity index (χ1v) is 7.13. The first kappa shape index (κ1) is 15.2. The molecule has 1 saturated heterocycles. The van der Waals surface area contributed by atoms with Gasteiger partial charge in [-0.3, -0.25) is 0 Å². The lowest BCUT2D eigenvalue weighted by Crippen LogP contribution is -2.26. The van der Waals surface area contributed by atoms with Gasteiger partial charge in [0.1, 0.15) is 0 Å². The van der Waals surface area contributed by atoms with Crippen molar-refractivity contribution in [3.63, 3.8) is 0 Å². The summed E-state index contributed by atoms with van der Waals surface area (Å²) < 4.78 is 37.5. The van der Waals surface area contributed by atoms with E-state index in [4.69, 9.17) is 0 Å². The van der Waals surface area contributed by atoms with Crippen molar-refractivity contribution in [2.24, 2.45) is 5.92 Å². The van der Waals surface area contributed by atoms with E-state index in [1.165, 1.54) is 0 Å². The van der Waals surface area contributed by atoms with Crippen molar-refractivity contribution >= 4 is 5.69 Å². The zero-order valence-corrected chi connectivity index (χ0v) is 11.7. The highest BCUT2D eigenvalue weighted by atomic mass is 19.4. The highest BCUT2D eigenvalue weighted by molar-refractivity contribution is 5.49. The summed E-state index contributed by atoms with van der Waals surface area (Å²) in [5.41, 5.74) is 0.303. The molecule has 1 aromatic rings. The minimum atomic E-state index is -4.25. The fourth-order valence-electron chi connectivity index (χ4n) is 2.58. The Morgan fingerprint density at radius 3 is 2.55 bits per heavy atom. The average molecular weight is 286 g/mol. The van der Waals surface area contributed by atoms with Gasteiger partial charge in [-0.25, -0.2) is 0 Å². The molecule has 1 unspecified atom stereocenters. The predicted molar refractivity (Wildman–Crippen MR) is 74.9 cm³/mol. The summed E-state index contributed by atoms with van der Waals surface area (Å²) in [6.07, 6.45) is -2.04. The number of rotatable bonds is 5. The fourth-order valence-corrected chi connectivity index (χ4v) is 2.58. The Labute approximate surface area is 118 Å². The second kappa shape index (κ2) is 6.48. The third-order valence-corrected chi connectivity index (χ3v) is 3.71. The van der Waals surface area contributed by atoms with Gasteiger partial charge in [-0.15, -0.1) is 0 Å². The molecule has 1 heterocycles. The molecule has 112 valence electrons. The molecule has 1 aromatic carbocycles. The zero-order chi connectivity index (χ0) is 14.6. The molecular formula is C15H21F3N2. The molecular weight excluding hydrogens is 265 g/mol. The van der Waals surface area contributed by atoms with E-state index in [9.17, 15) is 13.2 Å². The number of anilines is 1. The molecule has 1 fully saturated rings. The van der Waals surface area contributed by atoms with Crippen LogP contribution < -0.4 is 10.2 Å². The molecule has 1 aliphatic heterocycles. The van der Waals surface area contributed by atoms with Crippen LogP contribution in [0.1, 0.15) is 25.3 Å². The molecule has 5 heteroatoms. The minimum absolute atomic E-state index is 0.582. The van der Waals surface area contributed by atoms with Crippen molar-refractivity contribution in [2.45, 2.75) is 25.9 Å². The summed E-state index contributed by atoms with van der Waals surface area (Å²) >= 11 is 0. The number of nitrogens with one attached hydrogen (secondary N) is 1. The number of nitrogens with zero attached hydrogens (tertiary/aromatic N) is 1. The van der Waals surface area contributed by atoms with Crippen molar-refractivity contribution in [1.29, 1.82) is 0 Å². The topological polar surface area (TPSA) is 15.3 Å². The van der Waals surface area contributed by atoms with Crippen molar-refractivity contribution in [3.05, 3.63) is 29.8 Å². The van der Waals surface area contributed by atoms with Crippen molar-refractivity contribution in [3.8, 4) is 0 Å². The maximum Gasteiger partial charge on any atom is 0.416 e. The van der Waals surface area contributed by atoms with Crippen LogP contribution in [0.3, 0.4) is 0 Å². The summed E-state index contributed by atoms with van der Waals surface area (Å²) in [7, 11) is 0. The van der Waals surface area contributed by atoms with Gasteiger partial charge in [0.2, 0.25) is 0 Å². The van der Waals surface area contributed by atoms with Crippen LogP contribution in [-0.2, 0) is 6.18 Å². The highest BCUT2D eigenvalue weighted by Gasteiger charge is 2.30. The number of benzene rings is 1. The predicted octanol–water partition coefficient (Wildman–Crippen LogP) is 3.53. The van der Waals surface area contributed by atoms with Crippen LogP contribution in [0.5, 0.6) is 0 Å². The smallest absolute Gasteiger partial charge is 0.371 e. The van der Waals surface area contributed by atoms with Gasteiger partial charge in [-0.05, 0) is 56.1 Å². The third-order valence-electron chi connectivity index (χ3n) is 3.71. The molecule has 2 rings (SSSR count). The van der Waals surface area contributed by atoms with Gasteiger partial charge in [-0.1, -0.05) is 6.92 Å². The molecule has 0 amide bonds. The molecule has 0 saturated carbocycles. The molecule has 20 heavy (non-hydrogen) atoms. The lowest BCUT2D eigenvalue weighted by Gasteiger charge is -2.19. The second-order valence-corrected chi connectivity index (χ2v) is 5.35. The highest BCUT2D eigenvalue weighted by Crippen LogP contribution is 2.31. The number of hydrogen-bond acceptors (Lipinski definition) is 2. The Bertz CT molecular complexity index is 414. The van der Waals surface area contributed by atoms with Crippen LogP contribution >= 0.6 is 0 Å². The van der Waals surface area contributed by atoms with Crippen molar-refractivity contribution < 1.29 is 13.2 Å². The second-order valence-electron chi connectivity index (χ2n) is 5.35. The number of hydrogen-bond donors (Lipinski definition) is 1. The van der Waals surface area contributed by atoms with Crippen LogP contribution in [0.4, 0.5) is 18.9 Å². The molecule has 0 aliphatic carbocycles. The monoisotopic (exact) mass is 286 g/mol. The number of alkyl halides is 3.